The summed E-state index contributed by atoms with van der Waals surface area (Å²) in [6, 6.07) is 11.9. The highest BCUT2D eigenvalue weighted by molar-refractivity contribution is 6.31. The molecule has 4 nitrogen and oxygen atoms in total. The van der Waals surface area contributed by atoms with E-state index in [1.807, 2.05) is 29.8 Å². The average Bonchev–Trinajstić information content (AvgIpc) is 2.99. The summed E-state index contributed by atoms with van der Waals surface area (Å²) in [6.45, 7) is 4.26. The molecule has 0 atom stereocenters. The van der Waals surface area contributed by atoms with Crippen molar-refractivity contribution in [2.75, 3.05) is 12.4 Å². The summed E-state index contributed by atoms with van der Waals surface area (Å²) >= 11 is 6.11. The first-order chi connectivity index (χ1) is 12.0. The Bertz CT molecular complexity index is 931. The molecule has 0 radical (unpaired) electrons. The van der Waals surface area contributed by atoms with E-state index in [1.54, 1.807) is 13.2 Å². The third-order valence-electron chi connectivity index (χ3n) is 4.31. The summed E-state index contributed by atoms with van der Waals surface area (Å²) in [5, 5.41) is 4.67. The molecule has 0 bridgehead atoms. The fraction of sp³-hybridized carbons (Fsp3) is 0.250. The van der Waals surface area contributed by atoms with Crippen molar-refractivity contribution in [2.45, 2.75) is 26.8 Å². The van der Waals surface area contributed by atoms with Crippen LogP contribution in [-0.4, -0.2) is 17.6 Å². The zero-order valence-electron chi connectivity index (χ0n) is 14.6. The van der Waals surface area contributed by atoms with Gasteiger partial charge in [-0.3, -0.25) is 4.79 Å². The molecular formula is C20H21ClN2O2. The Kier molecular flexibility index (Phi) is 5.00. The van der Waals surface area contributed by atoms with E-state index in [0.29, 0.717) is 16.5 Å². The molecule has 2 aromatic carbocycles. The Hall–Kier alpha value is -2.46. The molecular weight excluding hydrogens is 336 g/mol. The predicted molar refractivity (Wildman–Crippen MR) is 103 cm³/mol. The van der Waals surface area contributed by atoms with Crippen LogP contribution in [0.4, 0.5) is 5.69 Å². The van der Waals surface area contributed by atoms with Gasteiger partial charge in [0.15, 0.2) is 0 Å². The maximum Gasteiger partial charge on any atom is 0.244 e. The van der Waals surface area contributed by atoms with Gasteiger partial charge in [-0.2, -0.15) is 0 Å². The lowest BCUT2D eigenvalue weighted by atomic mass is 10.1. The molecule has 3 rings (SSSR count). The minimum absolute atomic E-state index is 0.114. The molecule has 1 amide bonds. The summed E-state index contributed by atoms with van der Waals surface area (Å²) in [5.74, 6) is 0.436. The van der Waals surface area contributed by atoms with Crippen LogP contribution in [0.2, 0.25) is 5.02 Å². The Morgan fingerprint density at radius 1 is 1.24 bits per heavy atom. The van der Waals surface area contributed by atoms with E-state index in [-0.39, 0.29) is 12.5 Å². The molecule has 0 fully saturated rings. The minimum atomic E-state index is -0.114. The fourth-order valence-electron chi connectivity index (χ4n) is 2.88. The van der Waals surface area contributed by atoms with Gasteiger partial charge in [0.05, 0.1) is 12.8 Å². The summed E-state index contributed by atoms with van der Waals surface area (Å²) in [6.07, 6.45) is 2.94. The molecule has 3 aromatic rings. The monoisotopic (exact) mass is 356 g/mol. The van der Waals surface area contributed by atoms with Crippen molar-refractivity contribution < 1.29 is 9.53 Å². The van der Waals surface area contributed by atoms with Gasteiger partial charge in [-0.15, -0.1) is 0 Å². The van der Waals surface area contributed by atoms with Crippen LogP contribution < -0.4 is 10.1 Å². The summed E-state index contributed by atoms with van der Waals surface area (Å²) in [5.41, 5.74) is 3.85. The minimum Gasteiger partial charge on any atom is -0.495 e. The number of anilines is 1. The molecule has 5 heteroatoms. The summed E-state index contributed by atoms with van der Waals surface area (Å²) < 4.78 is 7.25. The predicted octanol–water partition coefficient (Wildman–Crippen LogP) is 4.81. The van der Waals surface area contributed by atoms with Gasteiger partial charge in [-0.05, 0) is 54.1 Å². The van der Waals surface area contributed by atoms with Crippen LogP contribution in [0, 0.1) is 6.92 Å². The van der Waals surface area contributed by atoms with Gasteiger partial charge in [-0.1, -0.05) is 24.6 Å². The molecule has 0 unspecified atom stereocenters. The van der Waals surface area contributed by atoms with Gasteiger partial charge in [0.1, 0.15) is 12.3 Å². The molecule has 0 saturated heterocycles. The Balaban J connectivity index is 1.80. The number of nitrogens with zero attached hydrogens (tertiary/aromatic N) is 1. The first-order valence-corrected chi connectivity index (χ1v) is 8.61. The molecule has 1 heterocycles. The number of benzene rings is 2. The lowest BCUT2D eigenvalue weighted by Gasteiger charge is -2.13. The number of amides is 1. The van der Waals surface area contributed by atoms with Crippen molar-refractivity contribution in [3.05, 3.63) is 58.7 Å². The molecule has 130 valence electrons. The van der Waals surface area contributed by atoms with Gasteiger partial charge in [-0.25, -0.2) is 0 Å². The van der Waals surface area contributed by atoms with Gasteiger partial charge >= 0.3 is 0 Å². The van der Waals surface area contributed by atoms with E-state index in [2.05, 4.69) is 30.4 Å². The van der Waals surface area contributed by atoms with E-state index in [9.17, 15) is 4.79 Å². The second-order valence-corrected chi connectivity index (χ2v) is 6.45. The maximum absolute atomic E-state index is 12.5. The van der Waals surface area contributed by atoms with Crippen molar-refractivity contribution in [3.8, 4) is 5.75 Å². The third-order valence-corrected chi connectivity index (χ3v) is 4.72. The lowest BCUT2D eigenvalue weighted by Crippen LogP contribution is -2.18. The van der Waals surface area contributed by atoms with Crippen LogP contribution in [0.15, 0.2) is 42.6 Å². The van der Waals surface area contributed by atoms with Gasteiger partial charge in [0, 0.05) is 22.8 Å². The number of carbonyl (C=O) groups is 1. The van der Waals surface area contributed by atoms with Crippen molar-refractivity contribution >= 4 is 34.1 Å². The SMILES string of the molecule is CCc1ccc2c(ccn2CC(=O)Nc2cc(C)c(Cl)cc2OC)c1. The number of hydrogen-bond donors (Lipinski definition) is 1. The normalized spacial score (nSPS) is 10.9. The second kappa shape index (κ2) is 7.19. The van der Waals surface area contributed by atoms with Crippen LogP contribution in [0.3, 0.4) is 0 Å². The molecule has 0 aliphatic rings. The zero-order valence-corrected chi connectivity index (χ0v) is 15.4. The lowest BCUT2D eigenvalue weighted by molar-refractivity contribution is -0.116. The van der Waals surface area contributed by atoms with Crippen molar-refractivity contribution in [1.29, 1.82) is 0 Å². The molecule has 1 N–H and O–H groups in total. The zero-order chi connectivity index (χ0) is 18.0. The van der Waals surface area contributed by atoms with E-state index in [0.717, 1.165) is 22.9 Å². The van der Waals surface area contributed by atoms with E-state index >= 15 is 0 Å². The quantitative estimate of drug-likeness (QED) is 0.712. The Labute approximate surface area is 152 Å². The van der Waals surface area contributed by atoms with Crippen LogP contribution in [-0.2, 0) is 17.8 Å². The number of aryl methyl sites for hydroxylation is 2. The van der Waals surface area contributed by atoms with Crippen LogP contribution in [0.25, 0.3) is 10.9 Å². The number of fused-ring (bicyclic) bond motifs is 1. The van der Waals surface area contributed by atoms with Crippen LogP contribution in [0.1, 0.15) is 18.1 Å². The van der Waals surface area contributed by atoms with Gasteiger partial charge in [0.25, 0.3) is 0 Å². The number of ether oxygens (including phenoxy) is 1. The molecule has 0 spiro atoms. The number of hydrogen-bond acceptors (Lipinski definition) is 2. The second-order valence-electron chi connectivity index (χ2n) is 6.04. The summed E-state index contributed by atoms with van der Waals surface area (Å²) in [4.78, 5) is 12.5. The molecule has 0 aliphatic carbocycles. The topological polar surface area (TPSA) is 43.3 Å². The largest absolute Gasteiger partial charge is 0.495 e. The van der Waals surface area contributed by atoms with Crippen molar-refractivity contribution in [1.82, 2.24) is 4.57 Å². The Morgan fingerprint density at radius 2 is 2.04 bits per heavy atom. The average molecular weight is 357 g/mol. The van der Waals surface area contributed by atoms with E-state index in [1.165, 1.54) is 5.56 Å². The van der Waals surface area contributed by atoms with Crippen LogP contribution in [0.5, 0.6) is 5.75 Å². The number of halogens is 1. The highest BCUT2D eigenvalue weighted by atomic mass is 35.5. The highest BCUT2D eigenvalue weighted by Gasteiger charge is 2.12. The van der Waals surface area contributed by atoms with Crippen LogP contribution >= 0.6 is 11.6 Å². The number of nitrogens with one attached hydrogen (secondary N) is 1. The third kappa shape index (κ3) is 3.64. The van der Waals surface area contributed by atoms with E-state index in [4.69, 9.17) is 16.3 Å². The van der Waals surface area contributed by atoms with Crippen molar-refractivity contribution in [2.24, 2.45) is 0 Å². The number of carbonyl (C=O) groups excluding carboxylic acids is 1. The number of rotatable bonds is 5. The smallest absolute Gasteiger partial charge is 0.244 e. The van der Waals surface area contributed by atoms with Crippen molar-refractivity contribution in [3.63, 3.8) is 0 Å². The maximum atomic E-state index is 12.5. The molecule has 25 heavy (non-hydrogen) atoms. The fourth-order valence-corrected chi connectivity index (χ4v) is 3.04. The Morgan fingerprint density at radius 3 is 2.76 bits per heavy atom. The molecule has 0 aliphatic heterocycles. The standard InChI is InChI=1S/C20H21ClN2O2/c1-4-14-5-6-18-15(10-14)7-8-23(18)12-20(24)22-17-9-13(2)16(21)11-19(17)25-3/h5-11H,4,12H2,1-3H3,(H,22,24). The molecule has 1 aromatic heterocycles. The summed E-state index contributed by atoms with van der Waals surface area (Å²) in [7, 11) is 1.56. The molecule has 0 saturated carbocycles. The van der Waals surface area contributed by atoms with Gasteiger partial charge in [0.2, 0.25) is 5.91 Å². The first kappa shape index (κ1) is 17.4. The van der Waals surface area contributed by atoms with Gasteiger partial charge < -0.3 is 14.6 Å². The van der Waals surface area contributed by atoms with E-state index < -0.39 is 0 Å². The highest BCUT2D eigenvalue weighted by Crippen LogP contribution is 2.31. The number of methoxy groups -OCH3 is 1. The number of aromatic nitrogens is 1. The first-order valence-electron chi connectivity index (χ1n) is 8.23.